The molecule has 3 aromatic heterocycles. The minimum Gasteiger partial charge on any atom is -0.361 e. The van der Waals surface area contributed by atoms with Gasteiger partial charge in [0.25, 0.3) is 0 Å². The largest absolute Gasteiger partial charge is 0.361 e. The summed E-state index contributed by atoms with van der Waals surface area (Å²) in [6.07, 6.45) is 5.19. The van der Waals surface area contributed by atoms with E-state index in [4.69, 9.17) is 0 Å². The molecule has 3 rings (SSSR count). The van der Waals surface area contributed by atoms with E-state index in [1.165, 1.54) is 0 Å². The Morgan fingerprint density at radius 1 is 1.18 bits per heavy atom. The van der Waals surface area contributed by atoms with E-state index in [2.05, 4.69) is 25.4 Å². The van der Waals surface area contributed by atoms with Gasteiger partial charge in [-0.15, -0.1) is 0 Å². The highest BCUT2D eigenvalue weighted by Crippen LogP contribution is 2.16. The van der Waals surface area contributed by atoms with Gasteiger partial charge in [0.05, 0.1) is 29.8 Å². The van der Waals surface area contributed by atoms with Gasteiger partial charge >= 0.3 is 0 Å². The molecule has 0 amide bonds. The van der Waals surface area contributed by atoms with E-state index >= 15 is 0 Å². The lowest BCUT2D eigenvalue weighted by Gasteiger charge is -2.14. The van der Waals surface area contributed by atoms with Crippen LogP contribution < -0.4 is 5.32 Å². The van der Waals surface area contributed by atoms with E-state index in [-0.39, 0.29) is 6.04 Å². The van der Waals surface area contributed by atoms with Gasteiger partial charge in [0.1, 0.15) is 5.82 Å². The Labute approximate surface area is 129 Å². The number of rotatable bonds is 4. The highest BCUT2D eigenvalue weighted by Gasteiger charge is 2.10. The van der Waals surface area contributed by atoms with Gasteiger partial charge in [-0.05, 0) is 39.0 Å². The van der Waals surface area contributed by atoms with Crippen LogP contribution in [0.25, 0.3) is 5.82 Å². The molecule has 0 saturated carbocycles. The zero-order valence-electron chi connectivity index (χ0n) is 12.9. The standard InChI is InChI=1S/C16H18N6/c1-11-8-12(2)22(21-11)16-10-17-9-15(20-16)19-13(3)14-6-4-5-7-18-14/h4-10,13H,1-3H3,(H,19,20)/t13-/m0/s1. The summed E-state index contributed by atoms with van der Waals surface area (Å²) >= 11 is 0. The molecule has 112 valence electrons. The van der Waals surface area contributed by atoms with Crippen LogP contribution in [0.2, 0.25) is 0 Å². The van der Waals surface area contributed by atoms with E-state index in [0.29, 0.717) is 11.6 Å². The van der Waals surface area contributed by atoms with Crippen LogP contribution in [-0.2, 0) is 0 Å². The molecule has 0 unspecified atom stereocenters. The van der Waals surface area contributed by atoms with Crippen LogP contribution in [0.5, 0.6) is 0 Å². The third-order valence-corrected chi connectivity index (χ3v) is 3.34. The van der Waals surface area contributed by atoms with Crippen molar-refractivity contribution < 1.29 is 0 Å². The van der Waals surface area contributed by atoms with Crippen molar-refractivity contribution >= 4 is 5.82 Å². The zero-order valence-corrected chi connectivity index (χ0v) is 12.9. The molecular weight excluding hydrogens is 276 g/mol. The second-order valence-electron chi connectivity index (χ2n) is 5.22. The second-order valence-corrected chi connectivity index (χ2v) is 5.22. The first-order chi connectivity index (χ1) is 10.6. The van der Waals surface area contributed by atoms with Gasteiger partial charge in [0.2, 0.25) is 0 Å². The average Bonchev–Trinajstić information content (AvgIpc) is 2.87. The van der Waals surface area contributed by atoms with Crippen LogP contribution in [0, 0.1) is 13.8 Å². The summed E-state index contributed by atoms with van der Waals surface area (Å²) in [5.74, 6) is 1.40. The highest BCUT2D eigenvalue weighted by molar-refractivity contribution is 5.38. The molecule has 3 aromatic rings. The Morgan fingerprint density at radius 3 is 2.73 bits per heavy atom. The van der Waals surface area contributed by atoms with Crippen molar-refractivity contribution in [1.29, 1.82) is 0 Å². The molecule has 1 N–H and O–H groups in total. The van der Waals surface area contributed by atoms with Crippen molar-refractivity contribution in [3.05, 3.63) is 59.9 Å². The molecule has 0 radical (unpaired) electrons. The summed E-state index contributed by atoms with van der Waals surface area (Å²) in [6, 6.07) is 7.91. The van der Waals surface area contributed by atoms with Crippen LogP contribution in [0.3, 0.4) is 0 Å². The monoisotopic (exact) mass is 294 g/mol. The molecule has 6 heteroatoms. The first-order valence-electron chi connectivity index (χ1n) is 7.16. The number of aromatic nitrogens is 5. The fourth-order valence-electron chi connectivity index (χ4n) is 2.32. The summed E-state index contributed by atoms with van der Waals surface area (Å²) in [5, 5.41) is 7.75. The third-order valence-electron chi connectivity index (χ3n) is 3.34. The van der Waals surface area contributed by atoms with Crippen LogP contribution >= 0.6 is 0 Å². The maximum absolute atomic E-state index is 4.58. The molecule has 1 atom stereocenters. The Hall–Kier alpha value is -2.76. The topological polar surface area (TPSA) is 68.5 Å². The Kier molecular flexibility index (Phi) is 3.82. The van der Waals surface area contributed by atoms with Crippen molar-refractivity contribution in [2.75, 3.05) is 5.32 Å². The third kappa shape index (κ3) is 2.95. The van der Waals surface area contributed by atoms with Gasteiger partial charge in [0, 0.05) is 11.9 Å². The van der Waals surface area contributed by atoms with Crippen LogP contribution in [0.4, 0.5) is 5.82 Å². The first kappa shape index (κ1) is 14.2. The van der Waals surface area contributed by atoms with Gasteiger partial charge in [-0.2, -0.15) is 5.10 Å². The summed E-state index contributed by atoms with van der Waals surface area (Å²) in [7, 11) is 0. The van der Waals surface area contributed by atoms with Crippen molar-refractivity contribution in [2.45, 2.75) is 26.8 Å². The zero-order chi connectivity index (χ0) is 15.5. The van der Waals surface area contributed by atoms with Crippen molar-refractivity contribution in [1.82, 2.24) is 24.7 Å². The molecule has 6 nitrogen and oxygen atoms in total. The number of nitrogens with one attached hydrogen (secondary N) is 1. The van der Waals surface area contributed by atoms with Crippen LogP contribution in [-0.4, -0.2) is 24.7 Å². The molecule has 22 heavy (non-hydrogen) atoms. The minimum atomic E-state index is 0.0474. The lowest BCUT2D eigenvalue weighted by molar-refractivity contribution is 0.788. The molecule has 0 spiro atoms. The predicted molar refractivity (Wildman–Crippen MR) is 84.9 cm³/mol. The van der Waals surface area contributed by atoms with Gasteiger partial charge in [-0.1, -0.05) is 6.07 Å². The van der Waals surface area contributed by atoms with Crippen molar-refractivity contribution in [3.63, 3.8) is 0 Å². The number of hydrogen-bond acceptors (Lipinski definition) is 5. The maximum Gasteiger partial charge on any atom is 0.174 e. The second kappa shape index (κ2) is 5.93. The van der Waals surface area contributed by atoms with Gasteiger partial charge in [0.15, 0.2) is 5.82 Å². The molecule has 3 heterocycles. The molecule has 0 bridgehead atoms. The lowest BCUT2D eigenvalue weighted by Crippen LogP contribution is -2.11. The maximum atomic E-state index is 4.58. The predicted octanol–water partition coefficient (Wildman–Crippen LogP) is 2.85. The van der Waals surface area contributed by atoms with Crippen LogP contribution in [0.1, 0.15) is 30.0 Å². The smallest absolute Gasteiger partial charge is 0.174 e. The molecular formula is C16H18N6. The van der Waals surface area contributed by atoms with E-state index < -0.39 is 0 Å². The van der Waals surface area contributed by atoms with E-state index in [1.54, 1.807) is 23.3 Å². The molecule has 0 aliphatic rings. The molecule has 0 aliphatic carbocycles. The Bertz CT molecular complexity index is 765. The molecule has 0 fully saturated rings. The summed E-state index contributed by atoms with van der Waals surface area (Å²) in [4.78, 5) is 13.2. The minimum absolute atomic E-state index is 0.0474. The van der Waals surface area contributed by atoms with E-state index in [1.807, 2.05) is 45.0 Å². The fraction of sp³-hybridized carbons (Fsp3) is 0.250. The quantitative estimate of drug-likeness (QED) is 0.801. The van der Waals surface area contributed by atoms with E-state index in [0.717, 1.165) is 17.1 Å². The fourth-order valence-corrected chi connectivity index (χ4v) is 2.32. The number of nitrogens with zero attached hydrogens (tertiary/aromatic N) is 5. The molecule has 0 aliphatic heterocycles. The normalized spacial score (nSPS) is 12.1. The molecule has 0 saturated heterocycles. The summed E-state index contributed by atoms with van der Waals surface area (Å²) in [5.41, 5.74) is 2.95. The van der Waals surface area contributed by atoms with Crippen LogP contribution in [0.15, 0.2) is 42.9 Å². The Balaban J connectivity index is 1.84. The van der Waals surface area contributed by atoms with E-state index in [9.17, 15) is 0 Å². The summed E-state index contributed by atoms with van der Waals surface area (Å²) in [6.45, 7) is 6.00. The Morgan fingerprint density at radius 2 is 2.05 bits per heavy atom. The molecule has 0 aromatic carbocycles. The van der Waals surface area contributed by atoms with Crippen molar-refractivity contribution in [3.8, 4) is 5.82 Å². The van der Waals surface area contributed by atoms with Gasteiger partial charge in [-0.3, -0.25) is 9.97 Å². The van der Waals surface area contributed by atoms with Gasteiger partial charge in [-0.25, -0.2) is 9.67 Å². The number of aryl methyl sites for hydroxylation is 2. The number of pyridine rings is 1. The van der Waals surface area contributed by atoms with Crippen molar-refractivity contribution in [2.24, 2.45) is 0 Å². The SMILES string of the molecule is Cc1cc(C)n(-c2cncc(N[C@@H](C)c3ccccn3)n2)n1. The highest BCUT2D eigenvalue weighted by atomic mass is 15.3. The average molecular weight is 294 g/mol. The summed E-state index contributed by atoms with van der Waals surface area (Å²) < 4.78 is 1.79. The number of anilines is 1. The lowest BCUT2D eigenvalue weighted by atomic mass is 10.2. The first-order valence-corrected chi connectivity index (χ1v) is 7.16. The van der Waals surface area contributed by atoms with Gasteiger partial charge < -0.3 is 5.32 Å². The number of hydrogen-bond donors (Lipinski definition) is 1.